The van der Waals surface area contributed by atoms with Gasteiger partial charge in [0.1, 0.15) is 6.07 Å². The molecule has 0 spiro atoms. The summed E-state index contributed by atoms with van der Waals surface area (Å²) in [6.45, 7) is 2.28. The van der Waals surface area contributed by atoms with Crippen LogP contribution in [0.5, 0.6) is 0 Å². The molecule has 2 aromatic rings. The lowest BCUT2D eigenvalue weighted by Gasteiger charge is -2.10. The quantitative estimate of drug-likeness (QED) is 0.402. The van der Waals surface area contributed by atoms with E-state index in [1.165, 1.54) is 6.20 Å². The molecule has 0 atom stereocenters. The summed E-state index contributed by atoms with van der Waals surface area (Å²) in [4.78, 5) is 24.2. The van der Waals surface area contributed by atoms with Crippen molar-refractivity contribution in [2.24, 2.45) is 0 Å². The lowest BCUT2D eigenvalue weighted by molar-refractivity contribution is -0.138. The number of rotatable bonds is 8. The Hall–Kier alpha value is -3.30. The van der Waals surface area contributed by atoms with Crippen molar-refractivity contribution in [1.82, 2.24) is 5.32 Å². The fourth-order valence-electron chi connectivity index (χ4n) is 2.37. The van der Waals surface area contributed by atoms with Crippen LogP contribution < -0.4 is 10.6 Å². The van der Waals surface area contributed by atoms with Gasteiger partial charge in [-0.2, -0.15) is 5.26 Å². The molecule has 0 fully saturated rings. The van der Waals surface area contributed by atoms with Gasteiger partial charge in [0.15, 0.2) is 5.57 Å². The van der Waals surface area contributed by atoms with Crippen molar-refractivity contribution >= 4 is 29.2 Å². The van der Waals surface area contributed by atoms with Gasteiger partial charge in [-0.15, -0.1) is 0 Å². The number of esters is 1. The zero-order valence-electron chi connectivity index (χ0n) is 15.4. The van der Waals surface area contributed by atoms with E-state index < -0.39 is 5.97 Å². The largest absolute Gasteiger partial charge is 0.462 e. The first-order valence-electron chi connectivity index (χ1n) is 8.70. The summed E-state index contributed by atoms with van der Waals surface area (Å²) in [5, 5.41) is 15.4. The van der Waals surface area contributed by atoms with Crippen LogP contribution >= 0.6 is 11.6 Å². The minimum atomic E-state index is -0.720. The van der Waals surface area contributed by atoms with Crippen LogP contribution in [0, 0.1) is 11.3 Å². The fraction of sp³-hybridized carbons (Fsp3) is 0.190. The number of benzene rings is 2. The van der Waals surface area contributed by atoms with Crippen LogP contribution in [0.15, 0.2) is 60.3 Å². The van der Waals surface area contributed by atoms with Crippen molar-refractivity contribution in [2.45, 2.75) is 13.3 Å². The van der Waals surface area contributed by atoms with Crippen molar-refractivity contribution in [1.29, 1.82) is 5.26 Å². The van der Waals surface area contributed by atoms with Gasteiger partial charge in [0, 0.05) is 17.8 Å². The topological polar surface area (TPSA) is 91.2 Å². The first-order chi connectivity index (χ1) is 13.5. The zero-order valence-corrected chi connectivity index (χ0v) is 16.1. The second-order valence-corrected chi connectivity index (χ2v) is 6.15. The summed E-state index contributed by atoms with van der Waals surface area (Å²) < 4.78 is 4.81. The number of anilines is 1. The summed E-state index contributed by atoms with van der Waals surface area (Å²) in [7, 11) is 0. The van der Waals surface area contributed by atoms with E-state index in [0.717, 1.165) is 5.56 Å². The monoisotopic (exact) mass is 397 g/mol. The lowest BCUT2D eigenvalue weighted by atomic mass is 10.1. The second-order valence-electron chi connectivity index (χ2n) is 5.71. The molecule has 0 saturated heterocycles. The van der Waals surface area contributed by atoms with Crippen LogP contribution in [0.25, 0.3) is 0 Å². The number of nitriles is 1. The normalized spacial score (nSPS) is 10.7. The smallest absolute Gasteiger partial charge is 0.350 e. The standard InChI is InChI=1S/C21H20ClN3O3/c1-2-28-21(27)16(13-23)14-25-19-6-4-3-5-18(19)20(26)24-12-11-15-7-9-17(22)10-8-15/h3-10,14,25H,2,11-12H2,1H3,(H,24,26)/b16-14+. The molecular formula is C21H20ClN3O3. The number of nitrogens with one attached hydrogen (secondary N) is 2. The Labute approximate surface area is 168 Å². The summed E-state index contributed by atoms with van der Waals surface area (Å²) in [6.07, 6.45) is 1.90. The fourth-order valence-corrected chi connectivity index (χ4v) is 2.50. The molecule has 28 heavy (non-hydrogen) atoms. The molecular weight excluding hydrogens is 378 g/mol. The van der Waals surface area contributed by atoms with Crippen LogP contribution in [0.2, 0.25) is 5.02 Å². The Kier molecular flexibility index (Phi) is 8.07. The Morgan fingerprint density at radius 3 is 2.57 bits per heavy atom. The molecule has 7 heteroatoms. The predicted molar refractivity (Wildman–Crippen MR) is 108 cm³/mol. The maximum absolute atomic E-state index is 12.5. The molecule has 0 saturated carbocycles. The highest BCUT2D eigenvalue weighted by Gasteiger charge is 2.12. The molecule has 144 valence electrons. The molecule has 0 bridgehead atoms. The summed E-state index contributed by atoms with van der Waals surface area (Å²) >= 11 is 5.86. The van der Waals surface area contributed by atoms with Crippen LogP contribution in [0.4, 0.5) is 5.69 Å². The molecule has 0 aromatic heterocycles. The number of amides is 1. The molecule has 0 aliphatic rings. The average Bonchev–Trinajstić information content (AvgIpc) is 2.70. The van der Waals surface area contributed by atoms with E-state index in [0.29, 0.717) is 29.2 Å². The van der Waals surface area contributed by atoms with Gasteiger partial charge in [-0.25, -0.2) is 4.79 Å². The highest BCUT2D eigenvalue weighted by molar-refractivity contribution is 6.30. The molecule has 2 rings (SSSR count). The molecule has 1 amide bonds. The SMILES string of the molecule is CCOC(=O)/C(C#N)=C/Nc1ccccc1C(=O)NCCc1ccc(Cl)cc1. The molecule has 2 aromatic carbocycles. The molecule has 6 nitrogen and oxygen atoms in total. The van der Waals surface area contributed by atoms with Gasteiger partial charge in [-0.3, -0.25) is 4.79 Å². The first-order valence-corrected chi connectivity index (χ1v) is 9.08. The second kappa shape index (κ2) is 10.8. The van der Waals surface area contributed by atoms with Crippen LogP contribution in [-0.4, -0.2) is 25.0 Å². The van der Waals surface area contributed by atoms with E-state index in [1.807, 2.05) is 12.1 Å². The zero-order chi connectivity index (χ0) is 20.4. The highest BCUT2D eigenvalue weighted by atomic mass is 35.5. The molecule has 0 aliphatic carbocycles. The van der Waals surface area contributed by atoms with Gasteiger partial charge in [0.05, 0.1) is 17.9 Å². The third kappa shape index (κ3) is 6.15. The minimum Gasteiger partial charge on any atom is -0.462 e. The predicted octanol–water partition coefficient (Wildman–Crippen LogP) is 3.69. The van der Waals surface area contributed by atoms with Gasteiger partial charge in [0.2, 0.25) is 0 Å². The minimum absolute atomic E-state index is 0.171. The number of ether oxygens (including phenoxy) is 1. The van der Waals surface area contributed by atoms with Crippen LogP contribution in [0.3, 0.4) is 0 Å². The molecule has 0 heterocycles. The summed E-state index contributed by atoms with van der Waals surface area (Å²) in [5.41, 5.74) is 1.76. The third-order valence-corrected chi connectivity index (χ3v) is 4.02. The van der Waals surface area contributed by atoms with E-state index in [2.05, 4.69) is 10.6 Å². The molecule has 2 N–H and O–H groups in total. The van der Waals surface area contributed by atoms with Crippen molar-refractivity contribution in [2.75, 3.05) is 18.5 Å². The van der Waals surface area contributed by atoms with E-state index in [-0.39, 0.29) is 18.1 Å². The Bertz CT molecular complexity index is 902. The maximum Gasteiger partial charge on any atom is 0.350 e. The number of hydrogen-bond donors (Lipinski definition) is 2. The van der Waals surface area contributed by atoms with Crippen LogP contribution in [-0.2, 0) is 16.0 Å². The Balaban J connectivity index is 2.01. The first kappa shape index (κ1) is 21.0. The number of halogens is 1. The Morgan fingerprint density at radius 1 is 1.18 bits per heavy atom. The number of nitrogens with zero attached hydrogens (tertiary/aromatic N) is 1. The third-order valence-electron chi connectivity index (χ3n) is 3.77. The van der Waals surface area contributed by atoms with Crippen molar-refractivity contribution < 1.29 is 14.3 Å². The Morgan fingerprint density at radius 2 is 1.89 bits per heavy atom. The molecule has 0 radical (unpaired) electrons. The highest BCUT2D eigenvalue weighted by Crippen LogP contribution is 2.16. The van der Waals surface area contributed by atoms with E-state index >= 15 is 0 Å². The summed E-state index contributed by atoms with van der Waals surface area (Å²) in [5.74, 6) is -0.984. The van der Waals surface area contributed by atoms with Gasteiger partial charge >= 0.3 is 5.97 Å². The van der Waals surface area contributed by atoms with Crippen molar-refractivity contribution in [3.05, 3.63) is 76.5 Å². The number of carbonyl (C=O) groups is 2. The van der Waals surface area contributed by atoms with E-state index in [4.69, 9.17) is 21.6 Å². The van der Waals surface area contributed by atoms with E-state index in [9.17, 15) is 9.59 Å². The number of para-hydroxylation sites is 1. The van der Waals surface area contributed by atoms with E-state index in [1.54, 1.807) is 49.4 Å². The van der Waals surface area contributed by atoms with Gasteiger partial charge in [0.25, 0.3) is 5.91 Å². The van der Waals surface area contributed by atoms with Crippen LogP contribution in [0.1, 0.15) is 22.8 Å². The van der Waals surface area contributed by atoms with Crippen molar-refractivity contribution in [3.8, 4) is 6.07 Å². The van der Waals surface area contributed by atoms with Gasteiger partial charge < -0.3 is 15.4 Å². The van der Waals surface area contributed by atoms with Gasteiger partial charge in [-0.1, -0.05) is 35.9 Å². The summed E-state index contributed by atoms with van der Waals surface area (Å²) in [6, 6.07) is 16.0. The van der Waals surface area contributed by atoms with Crippen molar-refractivity contribution in [3.63, 3.8) is 0 Å². The average molecular weight is 398 g/mol. The van der Waals surface area contributed by atoms with Gasteiger partial charge in [-0.05, 0) is 43.2 Å². The molecule has 0 aliphatic heterocycles. The lowest BCUT2D eigenvalue weighted by Crippen LogP contribution is -2.26. The molecule has 0 unspecified atom stereocenters. The number of carbonyl (C=O) groups excluding carboxylic acids is 2. The maximum atomic E-state index is 12.5. The number of hydrogen-bond acceptors (Lipinski definition) is 5.